The van der Waals surface area contributed by atoms with E-state index in [1.165, 1.54) is 22.3 Å². The molecule has 0 unspecified atom stereocenters. The lowest BCUT2D eigenvalue weighted by Gasteiger charge is -2.32. The van der Waals surface area contributed by atoms with E-state index >= 15 is 0 Å². The molecule has 2 aliphatic rings. The van der Waals surface area contributed by atoms with Crippen molar-refractivity contribution in [1.29, 1.82) is 0 Å². The number of piperazine rings is 1. The Kier molecular flexibility index (Phi) is 7.43. The molecule has 1 N–H and O–H groups in total. The van der Waals surface area contributed by atoms with Crippen molar-refractivity contribution in [3.63, 3.8) is 0 Å². The van der Waals surface area contributed by atoms with Gasteiger partial charge in [-0.15, -0.1) is 0 Å². The lowest BCUT2D eigenvalue weighted by Crippen LogP contribution is -2.47. The minimum absolute atomic E-state index is 0.0775. The fourth-order valence-electron chi connectivity index (χ4n) is 4.63. The molecule has 0 radical (unpaired) electrons. The Labute approximate surface area is 190 Å². The fraction of sp³-hybridized carbons (Fsp3) is 0.462. The van der Waals surface area contributed by atoms with E-state index in [-0.39, 0.29) is 17.9 Å². The van der Waals surface area contributed by atoms with Crippen LogP contribution in [-0.2, 0) is 9.53 Å². The number of unbranched alkanes of at least 4 members (excludes halogenated alkanes) is 2. The zero-order valence-electron chi connectivity index (χ0n) is 18.9. The van der Waals surface area contributed by atoms with Gasteiger partial charge >= 0.3 is 6.09 Å². The van der Waals surface area contributed by atoms with Crippen molar-refractivity contribution in [3.05, 3.63) is 59.7 Å². The maximum absolute atomic E-state index is 12.2. The summed E-state index contributed by atoms with van der Waals surface area (Å²) < 4.78 is 5.56. The third kappa shape index (κ3) is 5.30. The molecule has 0 spiro atoms. The highest BCUT2D eigenvalue weighted by Crippen LogP contribution is 2.44. The lowest BCUT2D eigenvalue weighted by molar-refractivity contribution is -0.132. The smallest absolute Gasteiger partial charge is 0.407 e. The number of amides is 2. The minimum atomic E-state index is -0.375. The van der Waals surface area contributed by atoms with Gasteiger partial charge in [-0.25, -0.2) is 4.79 Å². The molecule has 1 aliphatic carbocycles. The Balaban J connectivity index is 1.13. The summed E-state index contributed by atoms with van der Waals surface area (Å²) in [5.41, 5.74) is 4.88. The summed E-state index contributed by atoms with van der Waals surface area (Å²) in [5.74, 6) is 0.330. The monoisotopic (exact) mass is 435 g/mol. The van der Waals surface area contributed by atoms with Gasteiger partial charge in [0.1, 0.15) is 6.61 Å². The predicted octanol–water partition coefficient (Wildman–Crippen LogP) is 3.86. The average molecular weight is 436 g/mol. The highest BCUT2D eigenvalue weighted by molar-refractivity contribution is 5.79. The Bertz CT molecular complexity index is 892. The maximum atomic E-state index is 12.2. The topological polar surface area (TPSA) is 61.9 Å². The zero-order valence-corrected chi connectivity index (χ0v) is 18.9. The molecule has 0 aromatic heterocycles. The van der Waals surface area contributed by atoms with Gasteiger partial charge in [0.05, 0.1) is 0 Å². The molecule has 4 rings (SSSR count). The van der Waals surface area contributed by atoms with E-state index in [9.17, 15) is 9.59 Å². The van der Waals surface area contributed by atoms with Gasteiger partial charge < -0.3 is 19.9 Å². The Hall–Kier alpha value is -2.86. The largest absolute Gasteiger partial charge is 0.449 e. The summed E-state index contributed by atoms with van der Waals surface area (Å²) >= 11 is 0. The third-order valence-corrected chi connectivity index (χ3v) is 6.54. The quantitative estimate of drug-likeness (QED) is 0.640. The highest BCUT2D eigenvalue weighted by Gasteiger charge is 2.28. The number of benzene rings is 2. The molecule has 1 fully saturated rings. The van der Waals surface area contributed by atoms with Crippen LogP contribution in [0.3, 0.4) is 0 Å². The number of fused-ring (bicyclic) bond motifs is 3. The maximum Gasteiger partial charge on any atom is 0.407 e. The number of nitrogens with one attached hydrogen (secondary N) is 1. The summed E-state index contributed by atoms with van der Waals surface area (Å²) in [5, 5.41) is 2.85. The second-order valence-electron chi connectivity index (χ2n) is 8.75. The van der Waals surface area contributed by atoms with Crippen molar-refractivity contribution in [2.45, 2.75) is 31.6 Å². The second kappa shape index (κ2) is 10.6. The molecular formula is C26H33N3O3. The summed E-state index contributed by atoms with van der Waals surface area (Å²) in [6.45, 7) is 4.47. The van der Waals surface area contributed by atoms with Crippen LogP contribution in [0.2, 0.25) is 0 Å². The van der Waals surface area contributed by atoms with Gasteiger partial charge in [0.2, 0.25) is 5.91 Å². The van der Waals surface area contributed by atoms with Crippen LogP contribution < -0.4 is 5.32 Å². The van der Waals surface area contributed by atoms with E-state index < -0.39 is 0 Å². The minimum Gasteiger partial charge on any atom is -0.449 e. The number of hydrogen-bond acceptors (Lipinski definition) is 4. The van der Waals surface area contributed by atoms with Crippen molar-refractivity contribution in [2.75, 3.05) is 46.4 Å². The van der Waals surface area contributed by atoms with Crippen LogP contribution in [0.4, 0.5) is 4.79 Å². The molecule has 6 heteroatoms. The number of hydrogen-bond donors (Lipinski definition) is 1. The van der Waals surface area contributed by atoms with Crippen LogP contribution in [0.1, 0.15) is 42.7 Å². The van der Waals surface area contributed by atoms with E-state index in [1.54, 1.807) is 0 Å². The van der Waals surface area contributed by atoms with Crippen molar-refractivity contribution in [3.8, 4) is 11.1 Å². The highest BCUT2D eigenvalue weighted by atomic mass is 16.5. The van der Waals surface area contributed by atoms with Crippen molar-refractivity contribution >= 4 is 12.0 Å². The van der Waals surface area contributed by atoms with E-state index in [4.69, 9.17) is 4.74 Å². The van der Waals surface area contributed by atoms with Gasteiger partial charge in [0.25, 0.3) is 0 Å². The molecule has 2 aromatic rings. The standard InChI is InChI=1S/C26H33N3O3/c1-28-15-17-29(18-16-28)25(30)13-3-2-8-14-27-26(31)32-19-24-22-11-6-4-9-20(22)21-10-5-7-12-23(21)24/h4-7,9-12,24H,2-3,8,13-19H2,1H3,(H,27,31). The first kappa shape index (κ1) is 22.3. The summed E-state index contributed by atoms with van der Waals surface area (Å²) in [4.78, 5) is 28.7. The first-order chi connectivity index (χ1) is 15.6. The number of carbonyl (C=O) groups excluding carboxylic acids is 2. The van der Waals surface area contributed by atoms with Gasteiger partial charge in [-0.05, 0) is 42.1 Å². The molecule has 32 heavy (non-hydrogen) atoms. The van der Waals surface area contributed by atoms with Gasteiger partial charge in [-0.1, -0.05) is 55.0 Å². The van der Waals surface area contributed by atoms with E-state index in [1.807, 2.05) is 29.2 Å². The van der Waals surface area contributed by atoms with Crippen LogP contribution in [0.5, 0.6) is 0 Å². The molecule has 2 aromatic carbocycles. The Morgan fingerprint density at radius 3 is 2.19 bits per heavy atom. The van der Waals surface area contributed by atoms with E-state index in [0.717, 1.165) is 45.4 Å². The molecule has 0 saturated carbocycles. The fourth-order valence-corrected chi connectivity index (χ4v) is 4.63. The number of nitrogens with zero attached hydrogens (tertiary/aromatic N) is 2. The number of ether oxygens (including phenoxy) is 1. The molecule has 6 nitrogen and oxygen atoms in total. The van der Waals surface area contributed by atoms with Gasteiger partial charge in [-0.2, -0.15) is 0 Å². The molecule has 170 valence electrons. The van der Waals surface area contributed by atoms with Crippen LogP contribution in [0.25, 0.3) is 11.1 Å². The SMILES string of the molecule is CN1CCN(C(=O)CCCCCNC(=O)OCC2c3ccccc3-c3ccccc32)CC1. The van der Waals surface area contributed by atoms with Crippen LogP contribution in [0, 0.1) is 0 Å². The van der Waals surface area contributed by atoms with Crippen LogP contribution >= 0.6 is 0 Å². The molecule has 2 amide bonds. The normalized spacial score (nSPS) is 15.8. The number of alkyl carbamates (subject to hydrolysis) is 1. The van der Waals surface area contributed by atoms with Gasteiger partial charge in [-0.3, -0.25) is 4.79 Å². The molecule has 1 heterocycles. The predicted molar refractivity (Wildman–Crippen MR) is 126 cm³/mol. The summed E-state index contributed by atoms with van der Waals surface area (Å²) in [6, 6.07) is 16.6. The summed E-state index contributed by atoms with van der Waals surface area (Å²) in [6.07, 6.45) is 2.84. The Morgan fingerprint density at radius 1 is 0.906 bits per heavy atom. The molecular weight excluding hydrogens is 402 g/mol. The molecule has 1 saturated heterocycles. The first-order valence-corrected chi connectivity index (χ1v) is 11.7. The molecule has 0 bridgehead atoms. The van der Waals surface area contributed by atoms with Crippen molar-refractivity contribution < 1.29 is 14.3 Å². The van der Waals surface area contributed by atoms with E-state index in [0.29, 0.717) is 19.6 Å². The lowest BCUT2D eigenvalue weighted by atomic mass is 9.98. The van der Waals surface area contributed by atoms with E-state index in [2.05, 4.69) is 41.5 Å². The second-order valence-corrected chi connectivity index (χ2v) is 8.75. The third-order valence-electron chi connectivity index (χ3n) is 6.54. The number of likely N-dealkylation sites (N-methyl/N-ethyl adjacent to an activating group) is 1. The average Bonchev–Trinajstić information content (AvgIpc) is 3.14. The van der Waals surface area contributed by atoms with Crippen molar-refractivity contribution in [2.24, 2.45) is 0 Å². The molecule has 0 atom stereocenters. The number of carbonyl (C=O) groups is 2. The zero-order chi connectivity index (χ0) is 22.3. The van der Waals surface area contributed by atoms with Gasteiger partial charge in [0, 0.05) is 45.1 Å². The number of rotatable bonds is 8. The summed E-state index contributed by atoms with van der Waals surface area (Å²) in [7, 11) is 2.09. The van der Waals surface area contributed by atoms with Crippen molar-refractivity contribution in [1.82, 2.24) is 15.1 Å². The first-order valence-electron chi connectivity index (χ1n) is 11.7. The van der Waals surface area contributed by atoms with Gasteiger partial charge in [0.15, 0.2) is 0 Å². The van der Waals surface area contributed by atoms with Crippen LogP contribution in [0.15, 0.2) is 48.5 Å². The van der Waals surface area contributed by atoms with Crippen LogP contribution in [-0.4, -0.2) is 68.2 Å². The Morgan fingerprint density at radius 2 is 1.53 bits per heavy atom. The molecule has 1 aliphatic heterocycles.